The summed E-state index contributed by atoms with van der Waals surface area (Å²) in [5.41, 5.74) is 0.894. The molecule has 0 radical (unpaired) electrons. The van der Waals surface area contributed by atoms with E-state index in [4.69, 9.17) is 9.47 Å². The van der Waals surface area contributed by atoms with E-state index >= 15 is 0 Å². The minimum atomic E-state index is -0.588. The molecule has 0 aromatic heterocycles. The maximum atomic E-state index is 12.6. The van der Waals surface area contributed by atoms with Crippen molar-refractivity contribution in [2.24, 2.45) is 0 Å². The van der Waals surface area contributed by atoms with E-state index in [1.165, 1.54) is 12.8 Å². The number of ether oxygens (including phenoxy) is 2. The van der Waals surface area contributed by atoms with Gasteiger partial charge in [0.2, 0.25) is 0 Å². The Kier molecular flexibility index (Phi) is 5.11. The van der Waals surface area contributed by atoms with E-state index in [1.54, 1.807) is 0 Å². The van der Waals surface area contributed by atoms with E-state index in [0.717, 1.165) is 37.9 Å². The lowest BCUT2D eigenvalue weighted by molar-refractivity contribution is -0.166. The van der Waals surface area contributed by atoms with Gasteiger partial charge in [-0.2, -0.15) is 0 Å². The van der Waals surface area contributed by atoms with Crippen molar-refractivity contribution in [3.63, 3.8) is 0 Å². The van der Waals surface area contributed by atoms with E-state index in [2.05, 4.69) is 11.9 Å². The van der Waals surface area contributed by atoms with E-state index in [-0.39, 0.29) is 18.2 Å². The lowest BCUT2D eigenvalue weighted by Gasteiger charge is -2.23. The summed E-state index contributed by atoms with van der Waals surface area (Å²) in [5.74, 6) is -0.238. The Labute approximate surface area is 132 Å². The van der Waals surface area contributed by atoms with Gasteiger partial charge in [-0.25, -0.2) is 4.79 Å². The van der Waals surface area contributed by atoms with Crippen molar-refractivity contribution in [3.8, 4) is 0 Å². The van der Waals surface area contributed by atoms with Crippen LogP contribution in [0.1, 0.15) is 43.8 Å². The normalized spacial score (nSPS) is 24.5. The molecule has 2 unspecified atom stereocenters. The lowest BCUT2D eigenvalue weighted by atomic mass is 10.1. The molecule has 1 aromatic rings. The molecule has 3 rings (SSSR count). The Morgan fingerprint density at radius 3 is 2.50 bits per heavy atom. The smallest absolute Gasteiger partial charge is 0.340 e. The van der Waals surface area contributed by atoms with Crippen LogP contribution in [0.4, 0.5) is 0 Å². The second-order valence-electron chi connectivity index (χ2n) is 6.44. The summed E-state index contributed by atoms with van der Waals surface area (Å²) in [6.45, 7) is 1.80. The number of benzene rings is 1. The van der Waals surface area contributed by atoms with Gasteiger partial charge in [-0.15, -0.1) is 0 Å². The Bertz CT molecular complexity index is 484. The van der Waals surface area contributed by atoms with Crippen molar-refractivity contribution in [2.45, 2.75) is 50.4 Å². The van der Waals surface area contributed by atoms with Gasteiger partial charge in [-0.05, 0) is 31.9 Å². The van der Waals surface area contributed by atoms with E-state index in [1.807, 2.05) is 30.3 Å². The first-order valence-electron chi connectivity index (χ1n) is 8.32. The standard InChI is InChI=1S/C18H25NO3/c1-19-12-11-16(13-19)22-18(20)17(14-7-3-2-4-8-14)21-15-9-5-6-10-15/h2-4,7-8,15-17H,5-6,9-13H2,1H3. The second kappa shape index (κ2) is 7.25. The topological polar surface area (TPSA) is 38.8 Å². The fourth-order valence-electron chi connectivity index (χ4n) is 3.33. The Hall–Kier alpha value is -1.39. The number of nitrogens with zero attached hydrogens (tertiary/aromatic N) is 1. The van der Waals surface area contributed by atoms with E-state index < -0.39 is 6.10 Å². The van der Waals surface area contributed by atoms with Gasteiger partial charge in [0.25, 0.3) is 0 Å². The molecule has 4 nitrogen and oxygen atoms in total. The van der Waals surface area contributed by atoms with Crippen LogP contribution in [0.15, 0.2) is 30.3 Å². The summed E-state index contributed by atoms with van der Waals surface area (Å²) in [7, 11) is 2.05. The van der Waals surface area contributed by atoms with Crippen molar-refractivity contribution >= 4 is 5.97 Å². The first-order chi connectivity index (χ1) is 10.7. The van der Waals surface area contributed by atoms with Crippen LogP contribution in [0.5, 0.6) is 0 Å². The molecule has 120 valence electrons. The zero-order valence-electron chi connectivity index (χ0n) is 13.2. The van der Waals surface area contributed by atoms with Gasteiger partial charge in [-0.3, -0.25) is 0 Å². The molecule has 2 atom stereocenters. The van der Waals surface area contributed by atoms with Gasteiger partial charge in [0.05, 0.1) is 6.10 Å². The van der Waals surface area contributed by atoms with Crippen molar-refractivity contribution in [3.05, 3.63) is 35.9 Å². The maximum absolute atomic E-state index is 12.6. The Morgan fingerprint density at radius 1 is 1.14 bits per heavy atom. The molecule has 1 aromatic carbocycles. The van der Waals surface area contributed by atoms with Gasteiger partial charge < -0.3 is 14.4 Å². The average molecular weight is 303 g/mol. The first kappa shape index (κ1) is 15.5. The molecule has 0 amide bonds. The van der Waals surface area contributed by atoms with Crippen LogP contribution in [0, 0.1) is 0 Å². The Balaban J connectivity index is 1.68. The zero-order valence-corrected chi connectivity index (χ0v) is 13.2. The van der Waals surface area contributed by atoms with Crippen LogP contribution >= 0.6 is 0 Å². The minimum Gasteiger partial charge on any atom is -0.459 e. The van der Waals surface area contributed by atoms with Gasteiger partial charge in [-0.1, -0.05) is 43.2 Å². The summed E-state index contributed by atoms with van der Waals surface area (Å²) in [5, 5.41) is 0. The quantitative estimate of drug-likeness (QED) is 0.784. The molecular formula is C18H25NO3. The van der Waals surface area contributed by atoms with Crippen LogP contribution in [-0.4, -0.2) is 43.2 Å². The molecule has 22 heavy (non-hydrogen) atoms. The SMILES string of the molecule is CN1CCC(OC(=O)C(OC2CCCC2)c2ccccc2)C1. The third-order valence-electron chi connectivity index (χ3n) is 4.58. The van der Waals surface area contributed by atoms with Crippen LogP contribution < -0.4 is 0 Å². The summed E-state index contributed by atoms with van der Waals surface area (Å²) in [6, 6.07) is 9.73. The van der Waals surface area contributed by atoms with Gasteiger partial charge >= 0.3 is 5.97 Å². The molecule has 1 heterocycles. The molecule has 0 N–H and O–H groups in total. The monoisotopic (exact) mass is 303 g/mol. The molecular weight excluding hydrogens is 278 g/mol. The van der Waals surface area contributed by atoms with Crippen LogP contribution in [-0.2, 0) is 14.3 Å². The van der Waals surface area contributed by atoms with E-state index in [0.29, 0.717) is 0 Å². The van der Waals surface area contributed by atoms with Crippen molar-refractivity contribution in [2.75, 3.05) is 20.1 Å². The maximum Gasteiger partial charge on any atom is 0.340 e. The second-order valence-corrected chi connectivity index (χ2v) is 6.44. The number of esters is 1. The van der Waals surface area contributed by atoms with E-state index in [9.17, 15) is 4.79 Å². The number of hydrogen-bond donors (Lipinski definition) is 0. The summed E-state index contributed by atoms with van der Waals surface area (Å²) < 4.78 is 11.8. The molecule has 4 heteroatoms. The predicted octanol–water partition coefficient (Wildman–Crippen LogP) is 2.93. The largest absolute Gasteiger partial charge is 0.459 e. The molecule has 1 aliphatic carbocycles. The third-order valence-corrected chi connectivity index (χ3v) is 4.58. The highest BCUT2D eigenvalue weighted by atomic mass is 16.6. The lowest BCUT2D eigenvalue weighted by Crippen LogP contribution is -2.28. The fourth-order valence-corrected chi connectivity index (χ4v) is 3.33. The molecule has 2 fully saturated rings. The summed E-state index contributed by atoms with van der Waals surface area (Å²) in [6.07, 6.45) is 4.97. The highest BCUT2D eigenvalue weighted by molar-refractivity contribution is 5.76. The number of likely N-dealkylation sites (N-methyl/N-ethyl adjacent to an activating group) is 1. The third kappa shape index (κ3) is 3.87. The highest BCUT2D eigenvalue weighted by Crippen LogP contribution is 2.29. The highest BCUT2D eigenvalue weighted by Gasteiger charge is 2.31. The molecule has 1 saturated heterocycles. The molecule has 1 aliphatic heterocycles. The van der Waals surface area contributed by atoms with Crippen molar-refractivity contribution < 1.29 is 14.3 Å². The average Bonchev–Trinajstić information content (AvgIpc) is 3.17. The van der Waals surface area contributed by atoms with Gasteiger partial charge in [0.1, 0.15) is 6.10 Å². The van der Waals surface area contributed by atoms with Gasteiger partial charge in [0, 0.05) is 13.1 Å². The predicted molar refractivity (Wildman–Crippen MR) is 84.5 cm³/mol. The minimum absolute atomic E-state index is 0.00381. The fraction of sp³-hybridized carbons (Fsp3) is 0.611. The number of likely N-dealkylation sites (tertiary alicyclic amines) is 1. The molecule has 2 aliphatic rings. The van der Waals surface area contributed by atoms with Crippen molar-refractivity contribution in [1.29, 1.82) is 0 Å². The van der Waals surface area contributed by atoms with Gasteiger partial charge in [0.15, 0.2) is 6.10 Å². The summed E-state index contributed by atoms with van der Waals surface area (Å²) >= 11 is 0. The zero-order chi connectivity index (χ0) is 15.4. The molecule has 0 spiro atoms. The number of carbonyl (C=O) groups excluding carboxylic acids is 1. The number of carbonyl (C=O) groups is 1. The van der Waals surface area contributed by atoms with Crippen molar-refractivity contribution in [1.82, 2.24) is 4.90 Å². The Morgan fingerprint density at radius 2 is 1.86 bits per heavy atom. The number of hydrogen-bond acceptors (Lipinski definition) is 4. The molecule has 0 bridgehead atoms. The number of rotatable bonds is 5. The molecule has 1 saturated carbocycles. The van der Waals surface area contributed by atoms with Crippen LogP contribution in [0.25, 0.3) is 0 Å². The first-order valence-corrected chi connectivity index (χ1v) is 8.32. The van der Waals surface area contributed by atoms with Crippen LogP contribution in [0.2, 0.25) is 0 Å². The van der Waals surface area contributed by atoms with Crippen LogP contribution in [0.3, 0.4) is 0 Å². The summed E-state index contributed by atoms with van der Waals surface area (Å²) in [4.78, 5) is 14.8.